The maximum atomic E-state index is 2.34. The molecule has 2 rings (SSSR count). The summed E-state index contributed by atoms with van der Waals surface area (Å²) in [5, 5.41) is 0. The Kier molecular flexibility index (Phi) is 5.27. The third-order valence-electron chi connectivity index (χ3n) is 2.83. The number of hydrogen-bond donors (Lipinski definition) is 0. The molecule has 0 radical (unpaired) electrons. The molecule has 0 fully saturated rings. The molecule has 1 aliphatic heterocycles. The minimum Gasteiger partial charge on any atom is -0.302 e. The van der Waals surface area contributed by atoms with Crippen molar-refractivity contribution in [3.05, 3.63) is 41.5 Å². The van der Waals surface area contributed by atoms with Crippen molar-refractivity contribution < 1.29 is 0 Å². The lowest BCUT2D eigenvalue weighted by Crippen LogP contribution is -2.23. The van der Waals surface area contributed by atoms with Crippen molar-refractivity contribution in [1.82, 2.24) is 4.90 Å². The van der Waals surface area contributed by atoms with Crippen molar-refractivity contribution in [2.45, 2.75) is 27.2 Å². The van der Waals surface area contributed by atoms with E-state index < -0.39 is 0 Å². The van der Waals surface area contributed by atoms with Crippen LogP contribution in [0.2, 0.25) is 0 Å². The second kappa shape index (κ2) is 6.49. The van der Waals surface area contributed by atoms with E-state index in [-0.39, 0.29) is 0 Å². The molecule has 0 atom stereocenters. The number of likely N-dealkylation sites (N-methyl/N-ethyl adjacent to an activating group) is 1. The van der Waals surface area contributed by atoms with E-state index in [1.54, 1.807) is 0 Å². The van der Waals surface area contributed by atoms with Crippen molar-refractivity contribution in [2.75, 3.05) is 20.1 Å². The van der Waals surface area contributed by atoms with Crippen molar-refractivity contribution in [1.29, 1.82) is 0 Å². The summed E-state index contributed by atoms with van der Waals surface area (Å²) in [6, 6.07) is 8.84. The molecular weight excluding hydrogens is 194 g/mol. The molecule has 0 saturated heterocycles. The predicted molar refractivity (Wildman–Crippen MR) is 72.6 cm³/mol. The lowest BCUT2D eigenvalue weighted by atomic mass is 9.99. The second-order valence-corrected chi connectivity index (χ2v) is 4.11. The van der Waals surface area contributed by atoms with Crippen LogP contribution in [0.4, 0.5) is 0 Å². The zero-order chi connectivity index (χ0) is 12.0. The Morgan fingerprint density at radius 3 is 2.19 bits per heavy atom. The Labute approximate surface area is 99.8 Å². The van der Waals surface area contributed by atoms with E-state index in [1.165, 1.54) is 29.7 Å². The SMILES string of the molecule is CC.Cc1ccc(C2=CCN(C)CC2)cc1. The Morgan fingerprint density at radius 1 is 1.06 bits per heavy atom. The fraction of sp³-hybridized carbons (Fsp3) is 0.467. The second-order valence-electron chi connectivity index (χ2n) is 4.11. The Balaban J connectivity index is 0.000000606. The molecule has 0 N–H and O–H groups in total. The summed E-state index contributed by atoms with van der Waals surface area (Å²) in [5.74, 6) is 0. The minimum atomic E-state index is 1.09. The van der Waals surface area contributed by atoms with Gasteiger partial charge in [-0.25, -0.2) is 0 Å². The monoisotopic (exact) mass is 217 g/mol. The fourth-order valence-electron chi connectivity index (χ4n) is 1.80. The number of rotatable bonds is 1. The molecule has 1 heteroatoms. The fourth-order valence-corrected chi connectivity index (χ4v) is 1.80. The Bertz CT molecular complexity index is 335. The molecule has 0 bridgehead atoms. The largest absolute Gasteiger partial charge is 0.302 e. The summed E-state index contributed by atoms with van der Waals surface area (Å²) < 4.78 is 0. The maximum Gasteiger partial charge on any atom is 0.0166 e. The van der Waals surface area contributed by atoms with Crippen LogP contribution < -0.4 is 0 Å². The smallest absolute Gasteiger partial charge is 0.0166 e. The molecule has 1 nitrogen and oxygen atoms in total. The van der Waals surface area contributed by atoms with Gasteiger partial charge in [0, 0.05) is 13.1 Å². The van der Waals surface area contributed by atoms with Crippen LogP contribution in [0.3, 0.4) is 0 Å². The molecule has 0 spiro atoms. The topological polar surface area (TPSA) is 3.24 Å². The first-order valence-electron chi connectivity index (χ1n) is 6.20. The van der Waals surface area contributed by atoms with Crippen molar-refractivity contribution in [3.63, 3.8) is 0 Å². The third kappa shape index (κ3) is 3.49. The predicted octanol–water partition coefficient (Wildman–Crippen LogP) is 3.74. The molecule has 16 heavy (non-hydrogen) atoms. The first-order valence-corrected chi connectivity index (χ1v) is 6.20. The van der Waals surface area contributed by atoms with Gasteiger partial charge in [-0.2, -0.15) is 0 Å². The van der Waals surface area contributed by atoms with Crippen LogP contribution >= 0.6 is 0 Å². The average molecular weight is 217 g/mol. The maximum absolute atomic E-state index is 2.34. The van der Waals surface area contributed by atoms with Crippen molar-refractivity contribution >= 4 is 5.57 Å². The van der Waals surface area contributed by atoms with E-state index in [1.807, 2.05) is 13.8 Å². The van der Waals surface area contributed by atoms with Gasteiger partial charge in [0.15, 0.2) is 0 Å². The highest BCUT2D eigenvalue weighted by Crippen LogP contribution is 2.21. The molecule has 0 aromatic heterocycles. The van der Waals surface area contributed by atoms with Gasteiger partial charge in [0.1, 0.15) is 0 Å². The van der Waals surface area contributed by atoms with Gasteiger partial charge in [0.05, 0.1) is 0 Å². The quantitative estimate of drug-likeness (QED) is 0.692. The van der Waals surface area contributed by atoms with E-state index >= 15 is 0 Å². The van der Waals surface area contributed by atoms with Gasteiger partial charge in [0.25, 0.3) is 0 Å². The highest BCUT2D eigenvalue weighted by Gasteiger charge is 2.08. The summed E-state index contributed by atoms with van der Waals surface area (Å²) >= 11 is 0. The van der Waals surface area contributed by atoms with Crippen LogP contribution in [0.1, 0.15) is 31.4 Å². The van der Waals surface area contributed by atoms with E-state index in [0.29, 0.717) is 0 Å². The third-order valence-corrected chi connectivity index (χ3v) is 2.83. The van der Waals surface area contributed by atoms with Crippen molar-refractivity contribution in [3.8, 4) is 0 Å². The lowest BCUT2D eigenvalue weighted by molar-refractivity contribution is 0.370. The van der Waals surface area contributed by atoms with Crippen LogP contribution in [-0.2, 0) is 0 Å². The summed E-state index contributed by atoms with van der Waals surface area (Å²) in [6.45, 7) is 8.40. The van der Waals surface area contributed by atoms with Crippen LogP contribution in [-0.4, -0.2) is 25.0 Å². The molecule has 0 aliphatic carbocycles. The van der Waals surface area contributed by atoms with Gasteiger partial charge in [-0.3, -0.25) is 0 Å². The zero-order valence-corrected chi connectivity index (χ0v) is 11.0. The molecule has 1 heterocycles. The first kappa shape index (κ1) is 13.0. The van der Waals surface area contributed by atoms with E-state index in [4.69, 9.17) is 0 Å². The van der Waals surface area contributed by atoms with Crippen LogP contribution in [0, 0.1) is 6.92 Å². The molecule has 88 valence electrons. The first-order chi connectivity index (χ1) is 7.75. The number of hydrogen-bond acceptors (Lipinski definition) is 1. The lowest BCUT2D eigenvalue weighted by Gasteiger charge is -2.22. The van der Waals surface area contributed by atoms with E-state index in [9.17, 15) is 0 Å². The molecule has 1 aromatic carbocycles. The zero-order valence-electron chi connectivity index (χ0n) is 11.0. The number of nitrogens with zero attached hydrogens (tertiary/aromatic N) is 1. The molecule has 1 aromatic rings. The standard InChI is InChI=1S/C13H17N.C2H6/c1-11-3-5-12(6-4-11)13-7-9-14(2)10-8-13;1-2/h3-7H,8-10H2,1-2H3;1-2H3. The van der Waals surface area contributed by atoms with Gasteiger partial charge < -0.3 is 4.90 Å². The Hall–Kier alpha value is -1.08. The molecule has 0 unspecified atom stereocenters. The number of aryl methyl sites for hydroxylation is 1. The molecule has 0 saturated carbocycles. The van der Waals surface area contributed by atoms with Gasteiger partial charge >= 0.3 is 0 Å². The normalized spacial score (nSPS) is 16.1. The Morgan fingerprint density at radius 2 is 1.69 bits per heavy atom. The van der Waals surface area contributed by atoms with Crippen LogP contribution in [0.25, 0.3) is 5.57 Å². The highest BCUT2D eigenvalue weighted by molar-refractivity contribution is 5.66. The van der Waals surface area contributed by atoms with Gasteiger partial charge in [-0.05, 0) is 31.5 Å². The van der Waals surface area contributed by atoms with Crippen molar-refractivity contribution in [2.24, 2.45) is 0 Å². The van der Waals surface area contributed by atoms with E-state index in [2.05, 4.69) is 49.2 Å². The van der Waals surface area contributed by atoms with Gasteiger partial charge in [0.2, 0.25) is 0 Å². The van der Waals surface area contributed by atoms with Gasteiger partial charge in [-0.15, -0.1) is 0 Å². The van der Waals surface area contributed by atoms with E-state index in [0.717, 1.165) is 6.54 Å². The number of benzene rings is 1. The molecular formula is C15H23N. The van der Waals surface area contributed by atoms with Crippen LogP contribution in [0.15, 0.2) is 30.3 Å². The summed E-state index contributed by atoms with van der Waals surface area (Å²) in [7, 11) is 2.17. The average Bonchev–Trinajstić information content (AvgIpc) is 2.34. The minimum absolute atomic E-state index is 1.09. The highest BCUT2D eigenvalue weighted by atomic mass is 15.1. The summed E-state index contributed by atoms with van der Waals surface area (Å²) in [5.41, 5.74) is 4.23. The summed E-state index contributed by atoms with van der Waals surface area (Å²) in [4.78, 5) is 2.34. The van der Waals surface area contributed by atoms with Crippen LogP contribution in [0.5, 0.6) is 0 Å². The summed E-state index contributed by atoms with van der Waals surface area (Å²) in [6.07, 6.45) is 3.52. The molecule has 1 aliphatic rings. The van der Waals surface area contributed by atoms with Gasteiger partial charge in [-0.1, -0.05) is 49.8 Å². The molecule has 0 amide bonds.